The first kappa shape index (κ1) is 19.1. The highest BCUT2D eigenvalue weighted by Gasteiger charge is 2.27. The molecule has 29 heavy (non-hydrogen) atoms. The average Bonchev–Trinajstić information content (AvgIpc) is 3.31. The third kappa shape index (κ3) is 4.13. The van der Waals surface area contributed by atoms with Crippen LogP contribution in [0.15, 0.2) is 27.4 Å². The van der Waals surface area contributed by atoms with Crippen LogP contribution in [0, 0.1) is 26.7 Å². The van der Waals surface area contributed by atoms with Crippen LogP contribution in [0.4, 0.5) is 5.82 Å². The molecule has 1 saturated heterocycles. The molecule has 1 fully saturated rings. The molecule has 4 heterocycles. The number of hydrogen-bond donors (Lipinski definition) is 1. The Kier molecular flexibility index (Phi) is 5.28. The maximum absolute atomic E-state index is 12.7. The van der Waals surface area contributed by atoms with Crippen LogP contribution in [0.1, 0.15) is 35.7 Å². The molecule has 1 aliphatic heterocycles. The Morgan fingerprint density at radius 3 is 2.76 bits per heavy atom. The maximum Gasteiger partial charge on any atom is 0.259 e. The molecule has 1 amide bonds. The van der Waals surface area contributed by atoms with E-state index in [-0.39, 0.29) is 11.8 Å². The topological polar surface area (TPSA) is 110 Å². The van der Waals surface area contributed by atoms with E-state index in [0.29, 0.717) is 24.8 Å². The van der Waals surface area contributed by atoms with Gasteiger partial charge in [0.2, 0.25) is 5.91 Å². The number of rotatable bonds is 5. The number of aromatic nitrogens is 4. The molecule has 0 bridgehead atoms. The first-order valence-corrected chi connectivity index (χ1v) is 9.72. The molecule has 152 valence electrons. The quantitative estimate of drug-likeness (QED) is 0.701. The standard InChI is InChI=1S/C20H24N6O3/c1-12-17(13(2)28-24-12)10-22-19(27)16-5-4-8-26(11-16)18-7-6-15(9-21-18)20-23-14(3)25-29-20/h6-7,9,16H,4-5,8,10-11H2,1-3H3,(H,22,27)/t16-/m1/s1. The van der Waals surface area contributed by atoms with Gasteiger partial charge in [0.15, 0.2) is 5.82 Å². The fourth-order valence-corrected chi connectivity index (χ4v) is 3.59. The van der Waals surface area contributed by atoms with Crippen LogP contribution in [0.2, 0.25) is 0 Å². The van der Waals surface area contributed by atoms with E-state index in [0.717, 1.165) is 47.8 Å². The van der Waals surface area contributed by atoms with Gasteiger partial charge in [-0.05, 0) is 45.7 Å². The SMILES string of the molecule is Cc1noc(-c2ccc(N3CCC[C@@H](C(=O)NCc4c(C)noc4C)C3)nc2)n1. The molecule has 3 aromatic heterocycles. The largest absolute Gasteiger partial charge is 0.361 e. The smallest absolute Gasteiger partial charge is 0.259 e. The lowest BCUT2D eigenvalue weighted by molar-refractivity contribution is -0.125. The van der Waals surface area contributed by atoms with E-state index in [2.05, 4.69) is 30.5 Å². The van der Waals surface area contributed by atoms with Crippen LogP contribution in [0.3, 0.4) is 0 Å². The van der Waals surface area contributed by atoms with Crippen LogP contribution in [-0.2, 0) is 11.3 Å². The number of pyridine rings is 1. The zero-order valence-corrected chi connectivity index (χ0v) is 16.8. The summed E-state index contributed by atoms with van der Waals surface area (Å²) in [7, 11) is 0. The summed E-state index contributed by atoms with van der Waals surface area (Å²) in [6.45, 7) is 7.46. The number of piperidine rings is 1. The van der Waals surface area contributed by atoms with Crippen LogP contribution in [0.5, 0.6) is 0 Å². The van der Waals surface area contributed by atoms with Crippen molar-refractivity contribution in [3.8, 4) is 11.5 Å². The van der Waals surface area contributed by atoms with Gasteiger partial charge >= 0.3 is 0 Å². The highest BCUT2D eigenvalue weighted by molar-refractivity contribution is 5.79. The minimum atomic E-state index is -0.0794. The molecule has 9 nitrogen and oxygen atoms in total. The van der Waals surface area contributed by atoms with E-state index in [1.54, 1.807) is 13.1 Å². The van der Waals surface area contributed by atoms with E-state index in [1.165, 1.54) is 0 Å². The van der Waals surface area contributed by atoms with Crippen molar-refractivity contribution >= 4 is 11.7 Å². The molecule has 1 atom stereocenters. The monoisotopic (exact) mass is 396 g/mol. The zero-order chi connectivity index (χ0) is 20.4. The minimum Gasteiger partial charge on any atom is -0.361 e. The van der Waals surface area contributed by atoms with Gasteiger partial charge in [0.05, 0.1) is 17.2 Å². The third-order valence-electron chi connectivity index (χ3n) is 5.26. The highest BCUT2D eigenvalue weighted by Crippen LogP contribution is 2.24. The van der Waals surface area contributed by atoms with Gasteiger partial charge in [0.1, 0.15) is 11.6 Å². The number of nitrogens with one attached hydrogen (secondary N) is 1. The van der Waals surface area contributed by atoms with E-state index < -0.39 is 0 Å². The van der Waals surface area contributed by atoms with Crippen LogP contribution in [0.25, 0.3) is 11.5 Å². The van der Waals surface area contributed by atoms with Crippen molar-refractivity contribution in [3.63, 3.8) is 0 Å². The fourth-order valence-electron chi connectivity index (χ4n) is 3.59. The second kappa shape index (κ2) is 8.02. The maximum atomic E-state index is 12.7. The zero-order valence-electron chi connectivity index (χ0n) is 16.8. The Balaban J connectivity index is 1.38. The van der Waals surface area contributed by atoms with Crippen molar-refractivity contribution in [2.45, 2.75) is 40.2 Å². The fraction of sp³-hybridized carbons (Fsp3) is 0.450. The second-order valence-corrected chi connectivity index (χ2v) is 7.36. The molecule has 4 rings (SSSR count). The van der Waals surface area contributed by atoms with Gasteiger partial charge in [-0.1, -0.05) is 10.3 Å². The van der Waals surface area contributed by atoms with Crippen molar-refractivity contribution < 1.29 is 13.8 Å². The molecule has 0 aliphatic carbocycles. The lowest BCUT2D eigenvalue weighted by Crippen LogP contribution is -2.43. The van der Waals surface area contributed by atoms with Gasteiger partial charge in [-0.15, -0.1) is 0 Å². The Morgan fingerprint density at radius 2 is 2.10 bits per heavy atom. The van der Waals surface area contributed by atoms with Gasteiger partial charge in [0.25, 0.3) is 5.89 Å². The molecule has 3 aromatic rings. The lowest BCUT2D eigenvalue weighted by Gasteiger charge is -2.32. The van der Waals surface area contributed by atoms with Crippen molar-refractivity contribution in [1.82, 2.24) is 25.6 Å². The van der Waals surface area contributed by atoms with Crippen molar-refractivity contribution in [2.75, 3.05) is 18.0 Å². The summed E-state index contributed by atoms with van der Waals surface area (Å²) in [5.41, 5.74) is 2.54. The first-order chi connectivity index (χ1) is 14.0. The molecule has 0 saturated carbocycles. The number of carbonyl (C=O) groups is 1. The molecule has 0 aromatic carbocycles. The van der Waals surface area contributed by atoms with Crippen LogP contribution in [-0.4, -0.2) is 39.3 Å². The minimum absolute atomic E-state index is 0.0488. The van der Waals surface area contributed by atoms with Gasteiger partial charge in [-0.2, -0.15) is 4.98 Å². The van der Waals surface area contributed by atoms with E-state index >= 15 is 0 Å². The van der Waals surface area contributed by atoms with Gasteiger partial charge in [-0.25, -0.2) is 4.98 Å². The summed E-state index contributed by atoms with van der Waals surface area (Å²) in [6.07, 6.45) is 3.53. The molecular weight excluding hydrogens is 372 g/mol. The number of hydrogen-bond acceptors (Lipinski definition) is 8. The number of aryl methyl sites for hydroxylation is 3. The van der Waals surface area contributed by atoms with Crippen LogP contribution >= 0.6 is 0 Å². The van der Waals surface area contributed by atoms with Gasteiger partial charge < -0.3 is 19.3 Å². The highest BCUT2D eigenvalue weighted by atomic mass is 16.5. The molecule has 0 spiro atoms. The molecule has 1 aliphatic rings. The Hall–Kier alpha value is -3.23. The van der Waals surface area contributed by atoms with Crippen molar-refractivity contribution in [1.29, 1.82) is 0 Å². The predicted molar refractivity (Wildman–Crippen MR) is 105 cm³/mol. The van der Waals surface area contributed by atoms with Gasteiger partial charge in [0, 0.05) is 31.4 Å². The molecule has 0 unspecified atom stereocenters. The van der Waals surface area contributed by atoms with Gasteiger partial charge in [-0.3, -0.25) is 4.79 Å². The summed E-state index contributed by atoms with van der Waals surface area (Å²) in [5, 5.41) is 10.8. The molecule has 9 heteroatoms. The first-order valence-electron chi connectivity index (χ1n) is 9.72. The molecular formula is C20H24N6O3. The molecule has 1 N–H and O–H groups in total. The van der Waals surface area contributed by atoms with Crippen LogP contribution < -0.4 is 10.2 Å². The normalized spacial score (nSPS) is 16.8. The van der Waals surface area contributed by atoms with Crippen molar-refractivity contribution in [2.24, 2.45) is 5.92 Å². The summed E-state index contributed by atoms with van der Waals surface area (Å²) < 4.78 is 10.3. The number of carbonyl (C=O) groups excluding carboxylic acids is 1. The average molecular weight is 396 g/mol. The van der Waals surface area contributed by atoms with E-state index in [1.807, 2.05) is 26.0 Å². The summed E-state index contributed by atoms with van der Waals surface area (Å²) >= 11 is 0. The van der Waals surface area contributed by atoms with Crippen molar-refractivity contribution in [3.05, 3.63) is 41.2 Å². The Labute approximate surface area is 168 Å². The summed E-state index contributed by atoms with van der Waals surface area (Å²) in [5.74, 6) is 2.60. The molecule has 0 radical (unpaired) electrons. The second-order valence-electron chi connectivity index (χ2n) is 7.36. The number of anilines is 1. The summed E-state index contributed by atoms with van der Waals surface area (Å²) in [6, 6.07) is 3.84. The predicted octanol–water partition coefficient (Wildman–Crippen LogP) is 2.58. The Morgan fingerprint density at radius 1 is 1.24 bits per heavy atom. The third-order valence-corrected chi connectivity index (χ3v) is 5.26. The Bertz CT molecular complexity index is 975. The number of amides is 1. The number of nitrogens with zero attached hydrogens (tertiary/aromatic N) is 5. The van der Waals surface area contributed by atoms with E-state index in [9.17, 15) is 4.79 Å². The summed E-state index contributed by atoms with van der Waals surface area (Å²) in [4.78, 5) is 23.6. The lowest BCUT2D eigenvalue weighted by atomic mass is 9.97. The van der Waals surface area contributed by atoms with E-state index in [4.69, 9.17) is 9.05 Å².